The van der Waals surface area contributed by atoms with E-state index in [-0.39, 0.29) is 0 Å². The largest absolute Gasteiger partial charge is 0.318 e. The van der Waals surface area contributed by atoms with Crippen molar-refractivity contribution in [1.82, 2.24) is 4.57 Å². The summed E-state index contributed by atoms with van der Waals surface area (Å²) in [7, 11) is 0. The Balaban J connectivity index is 2.61. The van der Waals surface area contributed by atoms with Crippen LogP contribution in [-0.2, 0) is 0 Å². The van der Waals surface area contributed by atoms with Gasteiger partial charge in [0.1, 0.15) is 0 Å². The fourth-order valence-corrected chi connectivity index (χ4v) is 2.39. The predicted octanol–water partition coefficient (Wildman–Crippen LogP) is 5.05. The fraction of sp³-hybridized carbons (Fsp3) is 0.222. The van der Waals surface area contributed by atoms with Crippen LogP contribution in [0.1, 0.15) is 30.3 Å². The first-order valence-corrected chi connectivity index (χ1v) is 6.67. The summed E-state index contributed by atoms with van der Waals surface area (Å²) in [5.41, 5.74) is 6.29. The molecule has 0 atom stereocenters. The van der Waals surface area contributed by atoms with E-state index in [1.165, 1.54) is 28.2 Å². The molecule has 0 saturated carbocycles. The molecule has 1 aromatic heterocycles. The van der Waals surface area contributed by atoms with Gasteiger partial charge in [0.2, 0.25) is 0 Å². The van der Waals surface area contributed by atoms with Crippen molar-refractivity contribution in [3.8, 4) is 0 Å². The lowest BCUT2D eigenvalue weighted by Gasteiger charge is -2.12. The predicted molar refractivity (Wildman–Crippen MR) is 84.9 cm³/mol. The Kier molecular flexibility index (Phi) is 4.06. The van der Waals surface area contributed by atoms with E-state index in [1.54, 1.807) is 0 Å². The van der Waals surface area contributed by atoms with Crippen LogP contribution in [0.4, 0.5) is 0 Å². The first-order valence-electron chi connectivity index (χ1n) is 6.67. The molecule has 0 spiro atoms. The van der Waals surface area contributed by atoms with Gasteiger partial charge in [0, 0.05) is 11.4 Å². The molecule has 0 saturated heterocycles. The minimum atomic E-state index is 1.00. The van der Waals surface area contributed by atoms with Crippen LogP contribution in [-0.4, -0.2) is 4.57 Å². The molecule has 1 aliphatic rings. The normalized spacial score (nSPS) is 15.3. The van der Waals surface area contributed by atoms with E-state index in [0.717, 1.165) is 6.42 Å². The fourth-order valence-electron chi connectivity index (χ4n) is 2.39. The zero-order chi connectivity index (χ0) is 13.8. The lowest BCUT2D eigenvalue weighted by atomic mass is 10.1. The SMILES string of the molecule is C=C/C=C(\C)n1c(C2=CC=CCC=C2)cc(C)c1C. The lowest BCUT2D eigenvalue weighted by Crippen LogP contribution is -2.01. The smallest absolute Gasteiger partial charge is 0.0530 e. The second-order valence-corrected chi connectivity index (χ2v) is 4.87. The Morgan fingerprint density at radius 2 is 2.11 bits per heavy atom. The molecule has 0 unspecified atom stereocenters. The highest BCUT2D eigenvalue weighted by Crippen LogP contribution is 2.27. The summed E-state index contributed by atoms with van der Waals surface area (Å²) in [5.74, 6) is 0. The Bertz CT molecular complexity index is 604. The van der Waals surface area contributed by atoms with Gasteiger partial charge in [-0.3, -0.25) is 0 Å². The average Bonchev–Trinajstić information content (AvgIpc) is 2.60. The number of hydrogen-bond acceptors (Lipinski definition) is 0. The van der Waals surface area contributed by atoms with E-state index >= 15 is 0 Å². The first kappa shape index (κ1) is 13.4. The molecule has 1 heterocycles. The molecular formula is C18H21N. The Morgan fingerprint density at radius 3 is 2.84 bits per heavy atom. The molecule has 0 bridgehead atoms. The maximum atomic E-state index is 3.79. The number of hydrogen-bond donors (Lipinski definition) is 0. The highest BCUT2D eigenvalue weighted by molar-refractivity contribution is 5.77. The van der Waals surface area contributed by atoms with E-state index in [4.69, 9.17) is 0 Å². The molecular weight excluding hydrogens is 230 g/mol. The zero-order valence-electron chi connectivity index (χ0n) is 12.0. The molecule has 0 radical (unpaired) electrons. The molecule has 0 amide bonds. The standard InChI is InChI=1S/C18H21N/c1-5-10-15(3)19-16(4)14(2)13-18(19)17-11-8-6-7-9-12-17/h5-6,8-13H,1,7H2,2-4H3/b15-10+. The van der Waals surface area contributed by atoms with Crippen LogP contribution >= 0.6 is 0 Å². The topological polar surface area (TPSA) is 4.93 Å². The molecule has 0 aliphatic heterocycles. The van der Waals surface area contributed by atoms with Crippen molar-refractivity contribution in [3.63, 3.8) is 0 Å². The molecule has 1 aromatic rings. The van der Waals surface area contributed by atoms with Gasteiger partial charge in [-0.15, -0.1) is 0 Å². The van der Waals surface area contributed by atoms with Gasteiger partial charge in [-0.1, -0.05) is 43.0 Å². The van der Waals surface area contributed by atoms with Crippen molar-refractivity contribution in [2.75, 3.05) is 0 Å². The van der Waals surface area contributed by atoms with Crippen LogP contribution in [0.2, 0.25) is 0 Å². The Hall–Kier alpha value is -2.02. The van der Waals surface area contributed by atoms with Crippen LogP contribution in [0, 0.1) is 13.8 Å². The third kappa shape index (κ3) is 2.70. The van der Waals surface area contributed by atoms with Gasteiger partial charge in [0.05, 0.1) is 5.69 Å². The third-order valence-electron chi connectivity index (χ3n) is 3.49. The van der Waals surface area contributed by atoms with Crippen molar-refractivity contribution >= 4 is 11.3 Å². The first-order chi connectivity index (χ1) is 9.15. The highest BCUT2D eigenvalue weighted by Gasteiger charge is 2.12. The van der Waals surface area contributed by atoms with E-state index in [9.17, 15) is 0 Å². The minimum Gasteiger partial charge on any atom is -0.318 e. The highest BCUT2D eigenvalue weighted by atomic mass is 15.0. The van der Waals surface area contributed by atoms with Crippen LogP contribution in [0.15, 0.2) is 55.2 Å². The van der Waals surface area contributed by atoms with E-state index < -0.39 is 0 Å². The van der Waals surface area contributed by atoms with Crippen molar-refractivity contribution in [1.29, 1.82) is 0 Å². The second-order valence-electron chi connectivity index (χ2n) is 4.87. The molecule has 1 heteroatoms. The van der Waals surface area contributed by atoms with Crippen LogP contribution in [0.3, 0.4) is 0 Å². The summed E-state index contributed by atoms with van der Waals surface area (Å²) < 4.78 is 2.30. The van der Waals surface area contributed by atoms with Crippen molar-refractivity contribution in [2.24, 2.45) is 0 Å². The third-order valence-corrected chi connectivity index (χ3v) is 3.49. The summed E-state index contributed by atoms with van der Waals surface area (Å²) in [6, 6.07) is 2.26. The minimum absolute atomic E-state index is 1.00. The molecule has 2 rings (SSSR count). The van der Waals surface area contributed by atoms with E-state index in [0.29, 0.717) is 0 Å². The Labute approximate surface area is 116 Å². The van der Waals surface area contributed by atoms with Crippen molar-refractivity contribution in [2.45, 2.75) is 27.2 Å². The molecule has 0 aromatic carbocycles. The lowest BCUT2D eigenvalue weighted by molar-refractivity contribution is 1.01. The van der Waals surface area contributed by atoms with Gasteiger partial charge in [0.25, 0.3) is 0 Å². The second kappa shape index (κ2) is 5.75. The number of rotatable bonds is 3. The molecule has 0 fully saturated rings. The van der Waals surface area contributed by atoms with Gasteiger partial charge in [-0.25, -0.2) is 0 Å². The van der Waals surface area contributed by atoms with Crippen molar-refractivity contribution < 1.29 is 0 Å². The summed E-state index contributed by atoms with van der Waals surface area (Å²) in [6.45, 7) is 10.2. The Morgan fingerprint density at radius 1 is 1.32 bits per heavy atom. The average molecular weight is 251 g/mol. The number of nitrogens with zero attached hydrogens (tertiary/aromatic N) is 1. The summed E-state index contributed by atoms with van der Waals surface area (Å²) in [4.78, 5) is 0. The van der Waals surface area contributed by atoms with Gasteiger partial charge in [0.15, 0.2) is 0 Å². The van der Waals surface area contributed by atoms with E-state index in [2.05, 4.69) is 68.4 Å². The van der Waals surface area contributed by atoms with Crippen molar-refractivity contribution in [3.05, 3.63) is 72.1 Å². The maximum Gasteiger partial charge on any atom is 0.0530 e. The summed E-state index contributed by atoms with van der Waals surface area (Å²) >= 11 is 0. The number of allylic oxidation sites excluding steroid dienone is 9. The molecule has 1 nitrogen and oxygen atoms in total. The van der Waals surface area contributed by atoms with E-state index in [1.807, 2.05) is 12.2 Å². The molecule has 0 N–H and O–H groups in total. The van der Waals surface area contributed by atoms with Gasteiger partial charge >= 0.3 is 0 Å². The molecule has 98 valence electrons. The monoisotopic (exact) mass is 251 g/mol. The number of aryl methyl sites for hydroxylation is 1. The van der Waals surface area contributed by atoms with Gasteiger partial charge in [-0.2, -0.15) is 0 Å². The van der Waals surface area contributed by atoms with Gasteiger partial charge < -0.3 is 4.57 Å². The van der Waals surface area contributed by atoms with Crippen LogP contribution in [0.5, 0.6) is 0 Å². The summed E-state index contributed by atoms with van der Waals surface area (Å²) in [6.07, 6.45) is 15.8. The van der Waals surface area contributed by atoms with Crippen LogP contribution < -0.4 is 0 Å². The quantitative estimate of drug-likeness (QED) is 0.662. The number of aromatic nitrogens is 1. The van der Waals surface area contributed by atoms with Crippen LogP contribution in [0.25, 0.3) is 11.3 Å². The van der Waals surface area contributed by atoms with Gasteiger partial charge in [-0.05, 0) is 50.5 Å². The molecule has 1 aliphatic carbocycles. The molecule has 19 heavy (non-hydrogen) atoms. The zero-order valence-corrected chi connectivity index (χ0v) is 12.0. The maximum absolute atomic E-state index is 3.79. The summed E-state index contributed by atoms with van der Waals surface area (Å²) in [5, 5.41) is 0.